The summed E-state index contributed by atoms with van der Waals surface area (Å²) in [5, 5.41) is 15.6. The smallest absolute Gasteiger partial charge is 0.222 e. The fourth-order valence-electron chi connectivity index (χ4n) is 1.57. The van der Waals surface area contributed by atoms with Crippen LogP contribution in [0.1, 0.15) is 18.2 Å². The van der Waals surface area contributed by atoms with Crippen LogP contribution in [0.5, 0.6) is 5.75 Å². The van der Waals surface area contributed by atoms with Gasteiger partial charge in [0.05, 0.1) is 8.95 Å². The van der Waals surface area contributed by atoms with Gasteiger partial charge in [0.25, 0.3) is 0 Å². The van der Waals surface area contributed by atoms with Crippen molar-refractivity contribution >= 4 is 37.8 Å². The van der Waals surface area contributed by atoms with Gasteiger partial charge in [-0.3, -0.25) is 10.1 Å². The molecule has 6 heteroatoms. The first-order valence-corrected chi connectivity index (χ1v) is 6.37. The molecule has 0 unspecified atom stereocenters. The molecular formula is C10H10Br2N2O2. The second kappa shape index (κ2) is 4.73. The number of carbonyl (C=O) groups is 1. The largest absolute Gasteiger partial charge is 0.506 e. The molecule has 86 valence electrons. The van der Waals surface area contributed by atoms with Gasteiger partial charge in [-0.25, -0.2) is 0 Å². The van der Waals surface area contributed by atoms with Crippen molar-refractivity contribution in [2.75, 3.05) is 6.54 Å². The lowest BCUT2D eigenvalue weighted by Gasteiger charge is -2.25. The molecule has 0 spiro atoms. The summed E-state index contributed by atoms with van der Waals surface area (Å²) in [5.74, 6) is 0.190. The lowest BCUT2D eigenvalue weighted by Crippen LogP contribution is -2.44. The average Bonchev–Trinajstić information content (AvgIpc) is 2.25. The van der Waals surface area contributed by atoms with E-state index in [1.807, 2.05) is 0 Å². The van der Waals surface area contributed by atoms with E-state index in [1.165, 1.54) is 0 Å². The van der Waals surface area contributed by atoms with Crippen molar-refractivity contribution in [1.29, 1.82) is 0 Å². The number of rotatable bonds is 1. The molecule has 1 aromatic carbocycles. The molecule has 0 bridgehead atoms. The third-order valence-electron chi connectivity index (χ3n) is 2.38. The lowest BCUT2D eigenvalue weighted by molar-refractivity contribution is -0.123. The molecule has 16 heavy (non-hydrogen) atoms. The molecule has 1 saturated heterocycles. The minimum Gasteiger partial charge on any atom is -0.506 e. The number of amides is 1. The first kappa shape index (κ1) is 11.9. The van der Waals surface area contributed by atoms with Crippen LogP contribution in [0, 0.1) is 0 Å². The molecule has 1 aromatic rings. The number of hydrogen-bond acceptors (Lipinski definition) is 3. The van der Waals surface area contributed by atoms with Crippen molar-refractivity contribution in [3.8, 4) is 5.75 Å². The molecule has 2 rings (SSSR count). The van der Waals surface area contributed by atoms with E-state index < -0.39 is 0 Å². The monoisotopic (exact) mass is 348 g/mol. The molecule has 0 saturated carbocycles. The van der Waals surface area contributed by atoms with Gasteiger partial charge in [0.1, 0.15) is 11.9 Å². The highest BCUT2D eigenvalue weighted by Gasteiger charge is 2.20. The zero-order chi connectivity index (χ0) is 11.7. The number of carbonyl (C=O) groups excluding carboxylic acids is 1. The maximum atomic E-state index is 11.3. The van der Waals surface area contributed by atoms with E-state index in [0.717, 1.165) is 5.56 Å². The molecule has 0 radical (unpaired) electrons. The molecule has 0 aromatic heterocycles. The highest BCUT2D eigenvalue weighted by molar-refractivity contribution is 9.11. The minimum atomic E-state index is -0.200. The van der Waals surface area contributed by atoms with Crippen molar-refractivity contribution in [2.45, 2.75) is 12.6 Å². The van der Waals surface area contributed by atoms with Crippen molar-refractivity contribution < 1.29 is 9.90 Å². The van der Waals surface area contributed by atoms with Gasteiger partial charge in [0.15, 0.2) is 0 Å². The standard InChI is InChI=1S/C10H10Br2N2O2/c11-6-3-5(4-7(12)9(6)16)10-13-2-1-8(15)14-10/h3-4,10,13,16H,1-2H2,(H,14,15)/t10-/m1/s1. The van der Waals surface area contributed by atoms with Crippen LogP contribution < -0.4 is 10.6 Å². The zero-order valence-electron chi connectivity index (χ0n) is 8.26. The topological polar surface area (TPSA) is 61.4 Å². The van der Waals surface area contributed by atoms with Gasteiger partial charge in [0, 0.05) is 13.0 Å². The van der Waals surface area contributed by atoms with Crippen LogP contribution in [-0.4, -0.2) is 17.6 Å². The Bertz CT molecular complexity index is 414. The highest BCUT2D eigenvalue weighted by Crippen LogP contribution is 2.34. The van der Waals surface area contributed by atoms with Crippen LogP contribution in [-0.2, 0) is 4.79 Å². The van der Waals surface area contributed by atoms with Gasteiger partial charge in [0.2, 0.25) is 5.91 Å². The van der Waals surface area contributed by atoms with E-state index in [2.05, 4.69) is 42.5 Å². The molecule has 1 aliphatic rings. The number of phenolic OH excluding ortho intramolecular Hbond substituents is 1. The van der Waals surface area contributed by atoms with Crippen LogP contribution in [0.3, 0.4) is 0 Å². The predicted molar refractivity (Wildman–Crippen MR) is 67.0 cm³/mol. The summed E-state index contributed by atoms with van der Waals surface area (Å²) in [6.07, 6.45) is 0.297. The number of aromatic hydroxyl groups is 1. The first-order chi connectivity index (χ1) is 7.58. The third-order valence-corrected chi connectivity index (χ3v) is 3.59. The highest BCUT2D eigenvalue weighted by atomic mass is 79.9. The molecule has 3 N–H and O–H groups in total. The zero-order valence-corrected chi connectivity index (χ0v) is 11.4. The van der Waals surface area contributed by atoms with Crippen LogP contribution in [0.2, 0.25) is 0 Å². The minimum absolute atomic E-state index is 0.0315. The fraction of sp³-hybridized carbons (Fsp3) is 0.300. The summed E-state index contributed by atoms with van der Waals surface area (Å²) in [6.45, 7) is 0.659. The number of benzene rings is 1. The molecule has 4 nitrogen and oxygen atoms in total. The second-order valence-electron chi connectivity index (χ2n) is 3.54. The summed E-state index contributed by atoms with van der Waals surface area (Å²) < 4.78 is 1.19. The number of nitrogens with one attached hydrogen (secondary N) is 2. The Kier molecular flexibility index (Phi) is 3.51. The predicted octanol–water partition coefficient (Wildman–Crippen LogP) is 2.03. The summed E-state index contributed by atoms with van der Waals surface area (Å²) in [5.41, 5.74) is 0.893. The summed E-state index contributed by atoms with van der Waals surface area (Å²) in [4.78, 5) is 11.3. The Morgan fingerprint density at radius 2 is 1.94 bits per heavy atom. The second-order valence-corrected chi connectivity index (χ2v) is 5.25. The Balaban J connectivity index is 2.30. The normalized spacial score (nSPS) is 20.6. The molecular weight excluding hydrogens is 340 g/mol. The van der Waals surface area contributed by atoms with E-state index in [4.69, 9.17) is 0 Å². The van der Waals surface area contributed by atoms with Crippen molar-refractivity contribution in [3.05, 3.63) is 26.6 Å². The maximum Gasteiger partial charge on any atom is 0.222 e. The van der Waals surface area contributed by atoms with Crippen LogP contribution in [0.4, 0.5) is 0 Å². The number of phenols is 1. The van der Waals surface area contributed by atoms with Gasteiger partial charge in [-0.2, -0.15) is 0 Å². The summed E-state index contributed by atoms with van der Waals surface area (Å²) >= 11 is 6.52. The van der Waals surface area contributed by atoms with E-state index in [0.29, 0.717) is 21.9 Å². The van der Waals surface area contributed by atoms with E-state index in [1.54, 1.807) is 12.1 Å². The first-order valence-electron chi connectivity index (χ1n) is 4.78. The SMILES string of the molecule is O=C1CCN[C@@H](c2cc(Br)c(O)c(Br)c2)N1. The molecule has 1 aliphatic heterocycles. The molecule has 1 fully saturated rings. The van der Waals surface area contributed by atoms with Crippen molar-refractivity contribution in [1.82, 2.24) is 10.6 Å². The van der Waals surface area contributed by atoms with Gasteiger partial charge < -0.3 is 10.4 Å². The van der Waals surface area contributed by atoms with Crippen molar-refractivity contribution in [3.63, 3.8) is 0 Å². The molecule has 1 amide bonds. The van der Waals surface area contributed by atoms with E-state index >= 15 is 0 Å². The van der Waals surface area contributed by atoms with Gasteiger partial charge in [-0.1, -0.05) is 0 Å². The summed E-state index contributed by atoms with van der Waals surface area (Å²) in [6, 6.07) is 3.56. The van der Waals surface area contributed by atoms with Crippen molar-refractivity contribution in [2.24, 2.45) is 0 Å². The van der Waals surface area contributed by atoms with Gasteiger partial charge >= 0.3 is 0 Å². The number of halogens is 2. The van der Waals surface area contributed by atoms with Crippen LogP contribution >= 0.6 is 31.9 Å². The maximum absolute atomic E-state index is 11.3. The van der Waals surface area contributed by atoms with Crippen LogP contribution in [0.25, 0.3) is 0 Å². The summed E-state index contributed by atoms with van der Waals surface area (Å²) in [7, 11) is 0. The lowest BCUT2D eigenvalue weighted by atomic mass is 10.1. The Morgan fingerprint density at radius 1 is 1.31 bits per heavy atom. The van der Waals surface area contributed by atoms with Gasteiger partial charge in [-0.05, 0) is 49.6 Å². The van der Waals surface area contributed by atoms with Crippen LogP contribution in [0.15, 0.2) is 21.1 Å². The Hall–Kier alpha value is -0.590. The number of hydrogen-bond donors (Lipinski definition) is 3. The fourth-order valence-corrected chi connectivity index (χ4v) is 2.79. The van der Waals surface area contributed by atoms with E-state index in [9.17, 15) is 9.90 Å². The molecule has 0 aliphatic carbocycles. The molecule has 1 atom stereocenters. The quantitative estimate of drug-likeness (QED) is 0.727. The Labute approximate surface area is 110 Å². The third kappa shape index (κ3) is 2.39. The van der Waals surface area contributed by atoms with E-state index in [-0.39, 0.29) is 17.8 Å². The molecule has 1 heterocycles. The van der Waals surface area contributed by atoms with Gasteiger partial charge in [-0.15, -0.1) is 0 Å². The average molecular weight is 350 g/mol. The Morgan fingerprint density at radius 3 is 2.50 bits per heavy atom.